The Morgan fingerprint density at radius 1 is 1.29 bits per heavy atom. The molecule has 1 aromatic carbocycles. The highest BCUT2D eigenvalue weighted by atomic mass is 19.3. The van der Waals surface area contributed by atoms with E-state index in [-0.39, 0.29) is 18.2 Å². The number of benzene rings is 1. The second kappa shape index (κ2) is 5.74. The number of halogens is 2. The molecule has 0 unspecified atom stereocenters. The third kappa shape index (κ3) is 3.79. The molecule has 0 atom stereocenters. The summed E-state index contributed by atoms with van der Waals surface area (Å²) < 4.78 is 27.9. The molecule has 0 N–H and O–H groups in total. The molecule has 1 rings (SSSR count). The lowest BCUT2D eigenvalue weighted by molar-refractivity contribution is -0.0416. The van der Waals surface area contributed by atoms with Crippen molar-refractivity contribution in [3.8, 4) is 6.07 Å². The molecule has 0 fully saturated rings. The van der Waals surface area contributed by atoms with Gasteiger partial charge in [-0.05, 0) is 13.8 Å². The van der Waals surface area contributed by atoms with Crippen molar-refractivity contribution < 1.29 is 8.78 Å². The van der Waals surface area contributed by atoms with Gasteiger partial charge in [-0.1, -0.05) is 30.3 Å². The van der Waals surface area contributed by atoms with Crippen molar-refractivity contribution in [1.29, 1.82) is 5.26 Å². The van der Waals surface area contributed by atoms with E-state index in [1.165, 1.54) is 17.0 Å². The molecule has 17 heavy (non-hydrogen) atoms. The molecule has 0 amide bonds. The third-order valence-corrected chi connectivity index (χ3v) is 2.60. The van der Waals surface area contributed by atoms with Crippen LogP contribution in [-0.4, -0.2) is 24.0 Å². The maximum atomic E-state index is 13.9. The lowest BCUT2D eigenvalue weighted by atomic mass is 10.1. The number of nitrogens with zero attached hydrogens (tertiary/aromatic N) is 2. The predicted octanol–water partition coefficient (Wildman–Crippen LogP) is 3.01. The molecule has 4 heteroatoms. The van der Waals surface area contributed by atoms with Gasteiger partial charge in [0.1, 0.15) is 0 Å². The normalized spacial score (nSPS) is 11.8. The Hall–Kier alpha value is -1.47. The average Bonchev–Trinajstić information content (AvgIpc) is 2.29. The maximum Gasteiger partial charge on any atom is 0.285 e. The van der Waals surface area contributed by atoms with Crippen molar-refractivity contribution in [3.63, 3.8) is 0 Å². The minimum atomic E-state index is -2.93. The van der Waals surface area contributed by atoms with Crippen molar-refractivity contribution >= 4 is 0 Å². The van der Waals surface area contributed by atoms with Crippen LogP contribution in [0, 0.1) is 11.3 Å². The fourth-order valence-electron chi connectivity index (χ4n) is 1.54. The Bertz CT molecular complexity index is 382. The molecular weight excluding hydrogens is 222 g/mol. The number of nitriles is 1. The summed E-state index contributed by atoms with van der Waals surface area (Å²) in [5.41, 5.74) is -0.0106. The van der Waals surface area contributed by atoms with E-state index >= 15 is 0 Å². The van der Waals surface area contributed by atoms with Crippen LogP contribution in [0.3, 0.4) is 0 Å². The van der Waals surface area contributed by atoms with Crippen LogP contribution in [0.5, 0.6) is 0 Å². The second-order valence-electron chi connectivity index (χ2n) is 4.23. The van der Waals surface area contributed by atoms with E-state index in [2.05, 4.69) is 0 Å². The smallest absolute Gasteiger partial charge is 0.282 e. The summed E-state index contributed by atoms with van der Waals surface area (Å²) in [5, 5.41) is 8.62. The predicted molar refractivity (Wildman–Crippen MR) is 62.7 cm³/mol. The molecule has 0 spiro atoms. The van der Waals surface area contributed by atoms with Gasteiger partial charge < -0.3 is 0 Å². The van der Waals surface area contributed by atoms with E-state index in [4.69, 9.17) is 5.26 Å². The van der Waals surface area contributed by atoms with Gasteiger partial charge in [0.05, 0.1) is 19.2 Å². The third-order valence-electron chi connectivity index (χ3n) is 2.60. The summed E-state index contributed by atoms with van der Waals surface area (Å²) in [6.45, 7) is 3.19. The summed E-state index contributed by atoms with van der Waals surface area (Å²) in [6.07, 6.45) is 0. The van der Waals surface area contributed by atoms with Crippen molar-refractivity contribution in [1.82, 2.24) is 4.90 Å². The van der Waals surface area contributed by atoms with Gasteiger partial charge in [-0.2, -0.15) is 14.0 Å². The maximum absolute atomic E-state index is 13.9. The molecule has 0 aliphatic carbocycles. The number of alkyl halides is 2. The van der Waals surface area contributed by atoms with E-state index < -0.39 is 12.5 Å². The number of rotatable bonds is 5. The van der Waals surface area contributed by atoms with E-state index in [0.29, 0.717) is 0 Å². The van der Waals surface area contributed by atoms with Crippen molar-refractivity contribution in [2.45, 2.75) is 25.8 Å². The molecular formula is C13H16F2N2. The monoisotopic (exact) mass is 238 g/mol. The molecule has 0 radical (unpaired) electrons. The van der Waals surface area contributed by atoms with E-state index in [1.54, 1.807) is 32.0 Å². The Morgan fingerprint density at radius 3 is 2.35 bits per heavy atom. The highest BCUT2D eigenvalue weighted by Gasteiger charge is 2.34. The van der Waals surface area contributed by atoms with Gasteiger partial charge in [-0.3, -0.25) is 4.90 Å². The Balaban J connectivity index is 2.81. The highest BCUT2D eigenvalue weighted by molar-refractivity contribution is 5.20. The van der Waals surface area contributed by atoms with Gasteiger partial charge in [-0.15, -0.1) is 0 Å². The summed E-state index contributed by atoms with van der Waals surface area (Å²) in [6, 6.07) is 9.54. The average molecular weight is 238 g/mol. The van der Waals surface area contributed by atoms with Crippen LogP contribution < -0.4 is 0 Å². The van der Waals surface area contributed by atoms with Crippen LogP contribution >= 0.6 is 0 Å². The Labute approximate surface area is 100 Å². The first-order chi connectivity index (χ1) is 7.97. The number of hydrogen-bond donors (Lipinski definition) is 0. The summed E-state index contributed by atoms with van der Waals surface area (Å²) in [4.78, 5) is 1.47. The molecule has 0 aromatic heterocycles. The molecule has 0 bridgehead atoms. The largest absolute Gasteiger partial charge is 0.285 e. The fourth-order valence-corrected chi connectivity index (χ4v) is 1.54. The van der Waals surface area contributed by atoms with E-state index in [9.17, 15) is 8.78 Å². The Kier molecular flexibility index (Phi) is 4.59. The SMILES string of the molecule is CC(C)N(CC#N)CC(F)(F)c1ccccc1. The molecule has 0 saturated carbocycles. The standard InChI is InChI=1S/C13H16F2N2/c1-11(2)17(9-8-16)10-13(14,15)12-6-4-3-5-7-12/h3-7,11H,9-10H2,1-2H3. The molecule has 0 aliphatic heterocycles. The van der Waals surface area contributed by atoms with E-state index in [1.807, 2.05) is 6.07 Å². The van der Waals surface area contributed by atoms with Crippen LogP contribution in [0.1, 0.15) is 19.4 Å². The van der Waals surface area contributed by atoms with Crippen molar-refractivity contribution in [2.75, 3.05) is 13.1 Å². The van der Waals surface area contributed by atoms with Crippen LogP contribution in [0.2, 0.25) is 0 Å². The van der Waals surface area contributed by atoms with Crippen LogP contribution in [0.25, 0.3) is 0 Å². The first-order valence-corrected chi connectivity index (χ1v) is 5.51. The van der Waals surface area contributed by atoms with E-state index in [0.717, 1.165) is 0 Å². The minimum Gasteiger partial charge on any atom is -0.282 e. The molecule has 0 aliphatic rings. The zero-order chi connectivity index (χ0) is 12.9. The van der Waals surface area contributed by atoms with Gasteiger partial charge in [0.2, 0.25) is 0 Å². The quantitative estimate of drug-likeness (QED) is 0.737. The van der Waals surface area contributed by atoms with Crippen molar-refractivity contribution in [2.24, 2.45) is 0 Å². The zero-order valence-electron chi connectivity index (χ0n) is 10.0. The van der Waals surface area contributed by atoms with Crippen LogP contribution in [0.4, 0.5) is 8.78 Å². The first kappa shape index (κ1) is 13.6. The Morgan fingerprint density at radius 2 is 1.88 bits per heavy atom. The van der Waals surface area contributed by atoms with Crippen molar-refractivity contribution in [3.05, 3.63) is 35.9 Å². The summed E-state index contributed by atoms with van der Waals surface area (Å²) in [7, 11) is 0. The first-order valence-electron chi connectivity index (χ1n) is 5.51. The number of hydrogen-bond acceptors (Lipinski definition) is 2. The lowest BCUT2D eigenvalue weighted by Crippen LogP contribution is -2.39. The fraction of sp³-hybridized carbons (Fsp3) is 0.462. The summed E-state index contributed by atoms with van der Waals surface area (Å²) >= 11 is 0. The molecule has 92 valence electrons. The summed E-state index contributed by atoms with van der Waals surface area (Å²) in [5.74, 6) is -2.93. The molecule has 0 heterocycles. The van der Waals surface area contributed by atoms with Gasteiger partial charge in [-0.25, -0.2) is 0 Å². The second-order valence-corrected chi connectivity index (χ2v) is 4.23. The molecule has 0 saturated heterocycles. The topological polar surface area (TPSA) is 27.0 Å². The zero-order valence-corrected chi connectivity index (χ0v) is 10.0. The van der Waals surface area contributed by atoms with Gasteiger partial charge in [0, 0.05) is 11.6 Å². The molecule has 2 nitrogen and oxygen atoms in total. The van der Waals surface area contributed by atoms with Gasteiger partial charge >= 0.3 is 0 Å². The van der Waals surface area contributed by atoms with Crippen LogP contribution in [-0.2, 0) is 5.92 Å². The highest BCUT2D eigenvalue weighted by Crippen LogP contribution is 2.29. The van der Waals surface area contributed by atoms with Crippen LogP contribution in [0.15, 0.2) is 30.3 Å². The minimum absolute atomic E-state index is 0.0106. The van der Waals surface area contributed by atoms with Gasteiger partial charge in [0.25, 0.3) is 5.92 Å². The lowest BCUT2D eigenvalue weighted by Gasteiger charge is -2.28. The van der Waals surface area contributed by atoms with Gasteiger partial charge in [0.15, 0.2) is 0 Å². The molecule has 1 aromatic rings.